The van der Waals surface area contributed by atoms with Crippen LogP contribution in [0.15, 0.2) is 82.6 Å². The molecule has 6 nitrogen and oxygen atoms in total. The van der Waals surface area contributed by atoms with E-state index in [1.807, 2.05) is 49.4 Å². The Morgan fingerprint density at radius 2 is 1.71 bits per heavy atom. The summed E-state index contributed by atoms with van der Waals surface area (Å²) in [5.74, 6) is 0.347. The number of anilines is 2. The monoisotopic (exact) mass is 539 g/mol. The first-order valence-electron chi connectivity index (χ1n) is 10.9. The fourth-order valence-corrected chi connectivity index (χ4v) is 6.55. The number of hydrogen-bond donors (Lipinski definition) is 1. The van der Waals surface area contributed by atoms with Crippen LogP contribution in [-0.4, -0.2) is 26.2 Å². The van der Waals surface area contributed by atoms with E-state index in [0.717, 1.165) is 26.7 Å². The van der Waals surface area contributed by atoms with E-state index in [-0.39, 0.29) is 5.91 Å². The van der Waals surface area contributed by atoms with Gasteiger partial charge in [0.05, 0.1) is 17.9 Å². The topological polar surface area (TPSA) is 57.2 Å². The molecule has 2 atom stereocenters. The minimum absolute atomic E-state index is 0.247. The first-order valence-corrected chi connectivity index (χ1v) is 13.0. The normalized spacial score (nSPS) is 20.9. The number of fused-ring (bicyclic) bond motifs is 2. The number of rotatable bonds is 4. The smallest absolute Gasteiger partial charge is 0.263 e. The summed E-state index contributed by atoms with van der Waals surface area (Å²) in [5, 5.41) is 8.81. The zero-order valence-corrected chi connectivity index (χ0v) is 21.6. The van der Waals surface area contributed by atoms with Gasteiger partial charge in [-0.3, -0.25) is 9.89 Å². The molecule has 1 saturated heterocycles. The van der Waals surface area contributed by atoms with Gasteiger partial charge in [-0.15, -0.1) is 11.6 Å². The maximum absolute atomic E-state index is 13.2. The molecule has 0 bridgehead atoms. The molecule has 35 heavy (non-hydrogen) atoms. The van der Waals surface area contributed by atoms with Crippen molar-refractivity contribution in [3.63, 3.8) is 0 Å². The summed E-state index contributed by atoms with van der Waals surface area (Å²) in [6.45, 7) is 2.31. The van der Waals surface area contributed by atoms with Gasteiger partial charge in [0.1, 0.15) is 10.9 Å². The van der Waals surface area contributed by atoms with Crippen LogP contribution in [0.25, 0.3) is 0 Å². The number of nitrogens with zero attached hydrogens (tertiary/aromatic N) is 4. The summed E-state index contributed by atoms with van der Waals surface area (Å²) < 4.78 is 1.99. The Labute approximate surface area is 221 Å². The van der Waals surface area contributed by atoms with Crippen molar-refractivity contribution in [2.75, 3.05) is 9.91 Å². The molecule has 0 spiro atoms. The number of para-hydroxylation sites is 2. The van der Waals surface area contributed by atoms with Gasteiger partial charge in [0.15, 0.2) is 5.82 Å². The minimum Gasteiger partial charge on any atom is -0.332 e. The Morgan fingerprint density at radius 3 is 2.37 bits per heavy atom. The number of carbonyl (C=O) groups excluding carboxylic acids is 1. The van der Waals surface area contributed by atoms with E-state index in [1.165, 1.54) is 0 Å². The van der Waals surface area contributed by atoms with Crippen molar-refractivity contribution in [1.82, 2.24) is 14.9 Å². The standard InChI is InChI=1S/C25H19Cl2N5OS2/c1-25(15-7-6-8-16(26)13-15)22(27)23(33)32(25)31-21(28-29-24(31)34)14-30-17-9-2-4-11-19(17)35-20-12-5-3-10-18(20)30/h2-13,22H,14H2,1H3,(H,29,34). The molecular formula is C25H19Cl2N5OS2. The van der Waals surface area contributed by atoms with E-state index in [4.69, 9.17) is 35.4 Å². The van der Waals surface area contributed by atoms with Crippen LogP contribution in [0.4, 0.5) is 11.4 Å². The first kappa shape index (κ1) is 22.7. The number of aromatic amines is 1. The second-order valence-electron chi connectivity index (χ2n) is 8.55. The van der Waals surface area contributed by atoms with Crippen molar-refractivity contribution in [1.29, 1.82) is 0 Å². The van der Waals surface area contributed by atoms with Gasteiger partial charge in [0.25, 0.3) is 5.91 Å². The fourth-order valence-electron chi connectivity index (χ4n) is 4.72. The Morgan fingerprint density at radius 1 is 1.06 bits per heavy atom. The molecule has 2 aliphatic heterocycles. The summed E-state index contributed by atoms with van der Waals surface area (Å²) in [4.78, 5) is 17.7. The molecule has 2 unspecified atom stereocenters. The lowest BCUT2D eigenvalue weighted by molar-refractivity contribution is -0.129. The van der Waals surface area contributed by atoms with Crippen molar-refractivity contribution >= 4 is 64.5 Å². The number of hydrogen-bond acceptors (Lipinski definition) is 5. The zero-order valence-electron chi connectivity index (χ0n) is 18.5. The van der Waals surface area contributed by atoms with Crippen LogP contribution in [0.3, 0.4) is 0 Å². The predicted molar refractivity (Wildman–Crippen MR) is 142 cm³/mol. The van der Waals surface area contributed by atoms with Crippen LogP contribution in [0, 0.1) is 4.77 Å². The molecule has 6 rings (SSSR count). The molecule has 0 radical (unpaired) electrons. The Balaban J connectivity index is 1.45. The van der Waals surface area contributed by atoms with E-state index in [0.29, 0.717) is 22.2 Å². The lowest BCUT2D eigenvalue weighted by Crippen LogP contribution is -2.73. The number of halogens is 2. The van der Waals surface area contributed by atoms with E-state index >= 15 is 0 Å². The molecule has 3 aromatic carbocycles. The van der Waals surface area contributed by atoms with Crippen molar-refractivity contribution in [3.8, 4) is 0 Å². The average molecular weight is 541 g/mol. The highest BCUT2D eigenvalue weighted by Gasteiger charge is 2.59. The van der Waals surface area contributed by atoms with E-state index in [1.54, 1.807) is 27.5 Å². The molecule has 1 amide bonds. The molecule has 2 aliphatic rings. The molecule has 1 aromatic heterocycles. The highest BCUT2D eigenvalue weighted by atomic mass is 35.5. The number of β-lactam (4-membered cyclic amide) rings is 1. The van der Waals surface area contributed by atoms with Crippen LogP contribution in [-0.2, 0) is 16.9 Å². The van der Waals surface area contributed by atoms with Crippen molar-refractivity contribution in [2.24, 2.45) is 0 Å². The third-order valence-corrected chi connectivity index (χ3v) is 8.76. The number of amides is 1. The van der Waals surface area contributed by atoms with Crippen LogP contribution < -0.4 is 9.91 Å². The summed E-state index contributed by atoms with van der Waals surface area (Å²) in [6, 6.07) is 23.9. The van der Waals surface area contributed by atoms with Gasteiger partial charge in [0.2, 0.25) is 4.77 Å². The third kappa shape index (κ3) is 3.42. The summed E-state index contributed by atoms with van der Waals surface area (Å²) in [7, 11) is 0. The second kappa shape index (κ2) is 8.41. The zero-order chi connectivity index (χ0) is 24.3. The lowest BCUT2D eigenvalue weighted by Gasteiger charge is -2.53. The van der Waals surface area contributed by atoms with Crippen molar-refractivity contribution in [3.05, 3.63) is 94.0 Å². The SMILES string of the molecule is CC1(c2cccc(Cl)c2)C(Cl)C(=O)N1n1c(CN2c3ccccc3Sc3ccccc32)n[nH]c1=S. The molecule has 10 heteroatoms. The summed E-state index contributed by atoms with van der Waals surface area (Å²) in [6.07, 6.45) is 0. The van der Waals surface area contributed by atoms with Gasteiger partial charge in [-0.05, 0) is 61.1 Å². The molecule has 1 fully saturated rings. The van der Waals surface area contributed by atoms with Crippen LogP contribution in [0.1, 0.15) is 18.3 Å². The molecule has 176 valence electrons. The van der Waals surface area contributed by atoms with Gasteiger partial charge in [-0.1, -0.05) is 59.8 Å². The minimum atomic E-state index is -0.853. The maximum atomic E-state index is 13.2. The third-order valence-electron chi connectivity index (χ3n) is 6.52. The van der Waals surface area contributed by atoms with Gasteiger partial charge in [-0.25, -0.2) is 9.69 Å². The lowest BCUT2D eigenvalue weighted by atomic mass is 9.80. The van der Waals surface area contributed by atoms with Crippen LogP contribution in [0.5, 0.6) is 0 Å². The molecular weight excluding hydrogens is 521 g/mol. The van der Waals surface area contributed by atoms with Crippen LogP contribution in [0.2, 0.25) is 5.02 Å². The second-order valence-corrected chi connectivity index (χ2v) is 10.9. The molecule has 0 saturated carbocycles. The van der Waals surface area contributed by atoms with E-state index < -0.39 is 10.9 Å². The molecule has 3 heterocycles. The Hall–Kier alpha value is -2.78. The highest BCUT2D eigenvalue weighted by molar-refractivity contribution is 7.99. The number of aromatic nitrogens is 3. The van der Waals surface area contributed by atoms with Gasteiger partial charge in [0, 0.05) is 14.8 Å². The predicted octanol–water partition coefficient (Wildman–Crippen LogP) is 6.40. The maximum Gasteiger partial charge on any atom is 0.263 e. The van der Waals surface area contributed by atoms with Gasteiger partial charge in [-0.2, -0.15) is 5.10 Å². The van der Waals surface area contributed by atoms with Gasteiger partial charge < -0.3 is 4.90 Å². The Bertz CT molecular complexity index is 1490. The quantitative estimate of drug-likeness (QED) is 0.185. The largest absolute Gasteiger partial charge is 0.332 e. The molecule has 1 N–H and O–H groups in total. The molecule has 0 aliphatic carbocycles. The van der Waals surface area contributed by atoms with Crippen molar-refractivity contribution < 1.29 is 4.79 Å². The van der Waals surface area contributed by atoms with E-state index in [2.05, 4.69) is 39.4 Å². The number of carbonyl (C=O) groups is 1. The van der Waals surface area contributed by atoms with Crippen LogP contribution >= 0.6 is 47.2 Å². The number of alkyl halides is 1. The first-order chi connectivity index (χ1) is 16.9. The van der Waals surface area contributed by atoms with Crippen molar-refractivity contribution in [2.45, 2.75) is 34.2 Å². The summed E-state index contributed by atoms with van der Waals surface area (Å²) in [5.41, 5.74) is 2.11. The number of benzene rings is 3. The molecule has 4 aromatic rings. The fraction of sp³-hybridized carbons (Fsp3) is 0.160. The summed E-state index contributed by atoms with van der Waals surface area (Å²) >= 11 is 20.2. The average Bonchev–Trinajstić information content (AvgIpc) is 3.22. The highest BCUT2D eigenvalue weighted by Crippen LogP contribution is 2.49. The van der Waals surface area contributed by atoms with E-state index in [9.17, 15) is 4.79 Å². The van der Waals surface area contributed by atoms with Gasteiger partial charge >= 0.3 is 0 Å². The number of H-pyrrole nitrogens is 1. The number of nitrogens with one attached hydrogen (secondary N) is 1. The Kier molecular flexibility index (Phi) is 5.45.